The minimum atomic E-state index is 0.419. The van der Waals surface area contributed by atoms with E-state index in [-0.39, 0.29) is 0 Å². The molecule has 276 valence electrons. The molecule has 0 aliphatic carbocycles. The van der Waals surface area contributed by atoms with Crippen LogP contribution in [0.4, 0.5) is 11.4 Å². The highest BCUT2D eigenvalue weighted by atomic mass is 14.5. The van der Waals surface area contributed by atoms with Gasteiger partial charge in [-0.3, -0.25) is 0 Å². The molecule has 0 fully saturated rings. The van der Waals surface area contributed by atoms with Crippen molar-refractivity contribution in [3.05, 3.63) is 130 Å². The molecular weight excluding hydrogens is 617 g/mol. The highest BCUT2D eigenvalue weighted by Gasteiger charge is 2.18. The number of benzene rings is 4. The van der Waals surface area contributed by atoms with Crippen LogP contribution in [0.1, 0.15) is 187 Å². The zero-order chi connectivity index (χ0) is 36.1. The molecule has 0 aliphatic heterocycles. The number of nitrogen functional groups attached to an aromatic ring is 2. The zero-order valence-electron chi connectivity index (χ0n) is 32.6. The molecule has 4 rings (SSSR count). The number of hydrogen-bond donors (Lipinski definition) is 2. The first kappa shape index (κ1) is 40.3. The van der Waals surface area contributed by atoms with Crippen molar-refractivity contribution in [1.29, 1.82) is 0 Å². The fourth-order valence-electron chi connectivity index (χ4n) is 7.96. The summed E-state index contributed by atoms with van der Waals surface area (Å²) in [5.41, 5.74) is 22.4. The topological polar surface area (TPSA) is 52.0 Å². The third-order valence-electron chi connectivity index (χ3n) is 11.2. The Morgan fingerprint density at radius 2 is 0.667 bits per heavy atom. The molecule has 0 bridgehead atoms. The van der Waals surface area contributed by atoms with Crippen LogP contribution in [0.3, 0.4) is 0 Å². The van der Waals surface area contributed by atoms with Crippen LogP contribution in [0.25, 0.3) is 0 Å². The number of rotatable bonds is 25. The number of unbranched alkanes of at least 4 members (excludes halogenated alkanes) is 12. The summed E-state index contributed by atoms with van der Waals surface area (Å²) >= 11 is 0. The second kappa shape index (κ2) is 23.1. The molecule has 0 radical (unpaired) electrons. The van der Waals surface area contributed by atoms with Gasteiger partial charge < -0.3 is 11.5 Å². The van der Waals surface area contributed by atoms with E-state index in [2.05, 4.69) is 118 Å². The summed E-state index contributed by atoms with van der Waals surface area (Å²) in [4.78, 5) is 0. The first-order valence-corrected chi connectivity index (χ1v) is 20.9. The molecule has 4 N–H and O–H groups in total. The fraction of sp³-hybridized carbons (Fsp3) is 0.510. The Morgan fingerprint density at radius 3 is 1.10 bits per heavy atom. The fourth-order valence-corrected chi connectivity index (χ4v) is 7.96. The van der Waals surface area contributed by atoms with E-state index in [9.17, 15) is 0 Å². The number of anilines is 2. The van der Waals surface area contributed by atoms with Crippen LogP contribution in [-0.2, 0) is 6.42 Å². The average molecular weight is 687 g/mol. The minimum absolute atomic E-state index is 0.419. The predicted octanol–water partition coefficient (Wildman–Crippen LogP) is 14.5. The van der Waals surface area contributed by atoms with E-state index in [0.717, 1.165) is 17.8 Å². The average Bonchev–Trinajstić information content (AvgIpc) is 3.15. The molecule has 3 unspecified atom stereocenters. The maximum atomic E-state index is 6.09. The molecule has 0 heterocycles. The predicted molar refractivity (Wildman–Crippen MR) is 225 cm³/mol. The van der Waals surface area contributed by atoms with Crippen LogP contribution in [0, 0.1) is 0 Å². The van der Waals surface area contributed by atoms with E-state index in [4.69, 9.17) is 11.5 Å². The first-order valence-electron chi connectivity index (χ1n) is 20.9. The van der Waals surface area contributed by atoms with Crippen LogP contribution in [0.2, 0.25) is 0 Å². The second-order valence-electron chi connectivity index (χ2n) is 15.4. The highest BCUT2D eigenvalue weighted by Crippen LogP contribution is 2.35. The summed E-state index contributed by atoms with van der Waals surface area (Å²) in [6, 6.07) is 36.7. The molecule has 2 nitrogen and oxygen atoms in total. The maximum absolute atomic E-state index is 6.09. The van der Waals surface area contributed by atoms with Crippen molar-refractivity contribution in [2.75, 3.05) is 11.5 Å². The molecule has 3 atom stereocenters. The van der Waals surface area contributed by atoms with E-state index in [1.165, 1.54) is 149 Å². The van der Waals surface area contributed by atoms with Crippen molar-refractivity contribution in [3.63, 3.8) is 0 Å². The summed E-state index contributed by atoms with van der Waals surface area (Å²) in [6.07, 6.45) is 24.5. The molecule has 0 saturated heterocycles. The second-order valence-corrected chi connectivity index (χ2v) is 15.4. The van der Waals surface area contributed by atoms with Gasteiger partial charge in [0.2, 0.25) is 0 Å². The highest BCUT2D eigenvalue weighted by molar-refractivity contribution is 5.44. The van der Waals surface area contributed by atoms with Gasteiger partial charge in [-0.25, -0.2) is 0 Å². The van der Waals surface area contributed by atoms with Gasteiger partial charge in [-0.2, -0.15) is 0 Å². The van der Waals surface area contributed by atoms with Gasteiger partial charge in [-0.15, -0.1) is 0 Å². The lowest BCUT2D eigenvalue weighted by Crippen LogP contribution is -2.06. The summed E-state index contributed by atoms with van der Waals surface area (Å²) < 4.78 is 0. The van der Waals surface area contributed by atoms with E-state index >= 15 is 0 Å². The van der Waals surface area contributed by atoms with Crippen molar-refractivity contribution < 1.29 is 0 Å². The summed E-state index contributed by atoms with van der Waals surface area (Å²) in [6.45, 7) is 6.90. The first-order chi connectivity index (χ1) is 25.0. The quantitative estimate of drug-likeness (QED) is 0.0538. The Kier molecular flexibility index (Phi) is 18.3. The van der Waals surface area contributed by atoms with Crippen molar-refractivity contribution in [2.24, 2.45) is 0 Å². The lowest BCUT2D eigenvalue weighted by molar-refractivity contribution is 0.560. The molecule has 0 aliphatic rings. The smallest absolute Gasteiger partial charge is 0.0314 e. The van der Waals surface area contributed by atoms with Crippen LogP contribution < -0.4 is 11.5 Å². The zero-order valence-corrected chi connectivity index (χ0v) is 32.6. The van der Waals surface area contributed by atoms with Crippen molar-refractivity contribution in [3.8, 4) is 0 Å². The maximum Gasteiger partial charge on any atom is 0.0314 e. The Morgan fingerprint density at radius 1 is 0.353 bits per heavy atom. The number of nitrogens with two attached hydrogens (primary N) is 2. The van der Waals surface area contributed by atoms with E-state index in [1.54, 1.807) is 0 Å². The van der Waals surface area contributed by atoms with Crippen molar-refractivity contribution in [2.45, 2.75) is 161 Å². The Hall–Kier alpha value is -3.52. The summed E-state index contributed by atoms with van der Waals surface area (Å²) in [5, 5.41) is 0. The van der Waals surface area contributed by atoms with Gasteiger partial charge in [-0.1, -0.05) is 190 Å². The summed E-state index contributed by atoms with van der Waals surface area (Å²) in [7, 11) is 0. The molecule has 2 heteroatoms. The van der Waals surface area contributed by atoms with Crippen LogP contribution in [0.5, 0.6) is 0 Å². The van der Waals surface area contributed by atoms with Gasteiger partial charge in [0.1, 0.15) is 0 Å². The van der Waals surface area contributed by atoms with Gasteiger partial charge in [0.05, 0.1) is 0 Å². The largest absolute Gasteiger partial charge is 0.399 e. The Bertz CT molecular complexity index is 1450. The summed E-state index contributed by atoms with van der Waals surface area (Å²) in [5.74, 6) is 1.37. The van der Waals surface area contributed by atoms with E-state index in [0.29, 0.717) is 17.8 Å². The van der Waals surface area contributed by atoms with Gasteiger partial charge in [-0.05, 0) is 89.2 Å². The minimum Gasteiger partial charge on any atom is -0.399 e. The Balaban J connectivity index is 1.48. The standard InChI is InChI=1S/C49H70N2/c1-4-7-10-12-14-17-20-48(43-30-34-46(50)35-31-43)41-24-22-39(23-25-41)38-45(19-16-9-6-3)40-26-28-42(29-27-40)49(21-18-15-13-11-8-5-2)44-32-36-47(51)37-33-44/h22-37,45,48-49H,4-21,38,50-51H2,1-3H3. The molecule has 0 aromatic heterocycles. The van der Waals surface area contributed by atoms with Gasteiger partial charge in [0, 0.05) is 23.2 Å². The lowest BCUT2D eigenvalue weighted by atomic mass is 9.83. The van der Waals surface area contributed by atoms with Crippen molar-refractivity contribution >= 4 is 11.4 Å². The third kappa shape index (κ3) is 13.9. The van der Waals surface area contributed by atoms with Crippen LogP contribution in [-0.4, -0.2) is 0 Å². The SMILES string of the molecule is CCCCCCCCC(c1ccc(N)cc1)c1ccc(CC(CCCCC)c2ccc(C(CCCCCCCC)c3ccc(N)cc3)cc2)cc1. The molecule has 4 aromatic carbocycles. The van der Waals surface area contributed by atoms with Gasteiger partial charge in [0.15, 0.2) is 0 Å². The van der Waals surface area contributed by atoms with E-state index < -0.39 is 0 Å². The van der Waals surface area contributed by atoms with Crippen LogP contribution in [0.15, 0.2) is 97.1 Å². The molecule has 51 heavy (non-hydrogen) atoms. The monoisotopic (exact) mass is 687 g/mol. The Labute approximate surface area is 312 Å². The molecule has 4 aromatic rings. The number of hydrogen-bond acceptors (Lipinski definition) is 2. The molecule has 0 spiro atoms. The van der Waals surface area contributed by atoms with Gasteiger partial charge >= 0.3 is 0 Å². The molecule has 0 saturated carbocycles. The van der Waals surface area contributed by atoms with Gasteiger partial charge in [0.25, 0.3) is 0 Å². The lowest BCUT2D eigenvalue weighted by Gasteiger charge is -2.22. The molecular formula is C49H70N2. The van der Waals surface area contributed by atoms with E-state index in [1.807, 2.05) is 0 Å². The van der Waals surface area contributed by atoms with Crippen LogP contribution >= 0.6 is 0 Å². The molecule has 0 amide bonds. The normalized spacial score (nSPS) is 13.2. The third-order valence-corrected chi connectivity index (χ3v) is 11.2. The van der Waals surface area contributed by atoms with Crippen molar-refractivity contribution in [1.82, 2.24) is 0 Å².